The van der Waals surface area contributed by atoms with Crippen molar-refractivity contribution in [2.45, 2.75) is 59.5 Å². The SMILES string of the molecule is Cc1ccc(CNC(C)CCCC(C)C)c(Cl)c1. The number of aryl methyl sites for hydroxylation is 1. The maximum Gasteiger partial charge on any atom is 0.0453 e. The maximum atomic E-state index is 6.22. The van der Waals surface area contributed by atoms with Crippen LogP contribution in [0.2, 0.25) is 5.02 Å². The third kappa shape index (κ3) is 5.88. The first-order valence-electron chi connectivity index (χ1n) is 6.97. The molecule has 0 fully saturated rings. The second kappa shape index (κ2) is 7.81. The molecule has 1 unspecified atom stereocenters. The third-order valence-corrected chi connectivity index (χ3v) is 3.62. The van der Waals surface area contributed by atoms with E-state index in [2.05, 4.69) is 45.1 Å². The van der Waals surface area contributed by atoms with Crippen LogP contribution in [-0.2, 0) is 6.54 Å². The highest BCUT2D eigenvalue weighted by Crippen LogP contribution is 2.17. The van der Waals surface area contributed by atoms with Gasteiger partial charge in [-0.15, -0.1) is 0 Å². The van der Waals surface area contributed by atoms with Gasteiger partial charge in [0.2, 0.25) is 0 Å². The van der Waals surface area contributed by atoms with Crippen LogP contribution in [0.25, 0.3) is 0 Å². The summed E-state index contributed by atoms with van der Waals surface area (Å²) in [5.74, 6) is 0.809. The Morgan fingerprint density at radius 2 is 1.89 bits per heavy atom. The molecule has 1 rings (SSSR count). The molecule has 0 amide bonds. The predicted molar refractivity (Wildman–Crippen MR) is 81.2 cm³/mol. The first kappa shape index (κ1) is 15.5. The zero-order valence-corrected chi connectivity index (χ0v) is 12.8. The lowest BCUT2D eigenvalue weighted by Crippen LogP contribution is -2.25. The normalized spacial score (nSPS) is 13.0. The summed E-state index contributed by atoms with van der Waals surface area (Å²) in [6.07, 6.45) is 3.85. The van der Waals surface area contributed by atoms with Gasteiger partial charge in [-0.1, -0.05) is 50.4 Å². The van der Waals surface area contributed by atoms with Gasteiger partial charge in [0.15, 0.2) is 0 Å². The Morgan fingerprint density at radius 3 is 2.50 bits per heavy atom. The standard InChI is InChI=1S/C16H26ClN/c1-12(2)6-5-7-14(4)18-11-15-9-8-13(3)10-16(15)17/h8-10,12,14,18H,5-7,11H2,1-4H3. The molecule has 1 aromatic carbocycles. The lowest BCUT2D eigenvalue weighted by Gasteiger charge is -2.15. The van der Waals surface area contributed by atoms with E-state index in [4.69, 9.17) is 11.6 Å². The van der Waals surface area contributed by atoms with Gasteiger partial charge in [-0.05, 0) is 43.4 Å². The number of rotatable bonds is 7. The third-order valence-electron chi connectivity index (χ3n) is 3.27. The highest BCUT2D eigenvalue weighted by Gasteiger charge is 2.05. The molecular weight excluding hydrogens is 242 g/mol. The molecular formula is C16H26ClN. The Labute approximate surface area is 117 Å². The van der Waals surface area contributed by atoms with Crippen molar-refractivity contribution >= 4 is 11.6 Å². The van der Waals surface area contributed by atoms with Crippen LogP contribution >= 0.6 is 11.6 Å². The summed E-state index contributed by atoms with van der Waals surface area (Å²) < 4.78 is 0. The molecule has 1 aromatic rings. The molecule has 0 saturated heterocycles. The topological polar surface area (TPSA) is 12.0 Å². The Kier molecular flexibility index (Phi) is 6.73. The van der Waals surface area contributed by atoms with Gasteiger partial charge in [-0.3, -0.25) is 0 Å². The fourth-order valence-corrected chi connectivity index (χ4v) is 2.32. The molecule has 0 radical (unpaired) electrons. The van der Waals surface area contributed by atoms with E-state index in [0.29, 0.717) is 6.04 Å². The summed E-state index contributed by atoms with van der Waals surface area (Å²) in [4.78, 5) is 0. The first-order valence-corrected chi connectivity index (χ1v) is 7.35. The molecule has 1 nitrogen and oxygen atoms in total. The number of benzene rings is 1. The molecule has 0 aromatic heterocycles. The summed E-state index contributed by atoms with van der Waals surface area (Å²) in [5.41, 5.74) is 2.41. The second-order valence-electron chi connectivity index (χ2n) is 5.70. The van der Waals surface area contributed by atoms with Gasteiger partial charge >= 0.3 is 0 Å². The molecule has 18 heavy (non-hydrogen) atoms. The highest BCUT2D eigenvalue weighted by molar-refractivity contribution is 6.31. The van der Waals surface area contributed by atoms with Crippen LogP contribution in [-0.4, -0.2) is 6.04 Å². The Morgan fingerprint density at radius 1 is 1.17 bits per heavy atom. The molecule has 0 saturated carbocycles. The van der Waals surface area contributed by atoms with Crippen LogP contribution in [0.4, 0.5) is 0 Å². The molecule has 0 aliphatic heterocycles. The van der Waals surface area contributed by atoms with Gasteiger partial charge in [0.05, 0.1) is 0 Å². The van der Waals surface area contributed by atoms with E-state index < -0.39 is 0 Å². The fraction of sp³-hybridized carbons (Fsp3) is 0.625. The van der Waals surface area contributed by atoms with Crippen molar-refractivity contribution in [1.82, 2.24) is 5.32 Å². The van der Waals surface area contributed by atoms with E-state index >= 15 is 0 Å². The average Bonchev–Trinajstić information content (AvgIpc) is 2.27. The van der Waals surface area contributed by atoms with Crippen LogP contribution in [0.3, 0.4) is 0 Å². The molecule has 2 heteroatoms. The lowest BCUT2D eigenvalue weighted by atomic mass is 10.0. The molecule has 1 N–H and O–H groups in total. The van der Waals surface area contributed by atoms with Crippen LogP contribution in [0.5, 0.6) is 0 Å². The Bertz CT molecular complexity index is 360. The van der Waals surface area contributed by atoms with Crippen molar-refractivity contribution in [2.24, 2.45) is 5.92 Å². The van der Waals surface area contributed by atoms with Crippen LogP contribution < -0.4 is 5.32 Å². The fourth-order valence-electron chi connectivity index (χ4n) is 2.01. The van der Waals surface area contributed by atoms with Crippen LogP contribution in [0.15, 0.2) is 18.2 Å². The van der Waals surface area contributed by atoms with E-state index in [1.165, 1.54) is 30.4 Å². The molecule has 0 aliphatic rings. The van der Waals surface area contributed by atoms with Gasteiger partial charge in [-0.25, -0.2) is 0 Å². The minimum absolute atomic E-state index is 0.557. The maximum absolute atomic E-state index is 6.22. The molecule has 102 valence electrons. The monoisotopic (exact) mass is 267 g/mol. The van der Waals surface area contributed by atoms with Gasteiger partial charge in [-0.2, -0.15) is 0 Å². The highest BCUT2D eigenvalue weighted by atomic mass is 35.5. The molecule has 0 heterocycles. The Hall–Kier alpha value is -0.530. The summed E-state index contributed by atoms with van der Waals surface area (Å²) in [6.45, 7) is 9.75. The van der Waals surface area contributed by atoms with Crippen LogP contribution in [0, 0.1) is 12.8 Å². The van der Waals surface area contributed by atoms with Gasteiger partial charge in [0.1, 0.15) is 0 Å². The number of hydrogen-bond acceptors (Lipinski definition) is 1. The number of nitrogens with one attached hydrogen (secondary N) is 1. The van der Waals surface area contributed by atoms with Crippen molar-refractivity contribution in [3.8, 4) is 0 Å². The smallest absolute Gasteiger partial charge is 0.0453 e. The molecule has 0 bridgehead atoms. The first-order chi connectivity index (χ1) is 8.49. The van der Waals surface area contributed by atoms with Crippen LogP contribution in [0.1, 0.15) is 51.2 Å². The van der Waals surface area contributed by atoms with Gasteiger partial charge < -0.3 is 5.32 Å². The quantitative estimate of drug-likeness (QED) is 0.737. The minimum Gasteiger partial charge on any atom is -0.310 e. The van der Waals surface area contributed by atoms with E-state index in [1.807, 2.05) is 6.07 Å². The second-order valence-corrected chi connectivity index (χ2v) is 6.11. The Balaban J connectivity index is 2.31. The lowest BCUT2D eigenvalue weighted by molar-refractivity contribution is 0.457. The van der Waals surface area contributed by atoms with Crippen molar-refractivity contribution in [2.75, 3.05) is 0 Å². The summed E-state index contributed by atoms with van der Waals surface area (Å²) >= 11 is 6.22. The van der Waals surface area contributed by atoms with Crippen molar-refractivity contribution < 1.29 is 0 Å². The summed E-state index contributed by atoms with van der Waals surface area (Å²) in [7, 11) is 0. The van der Waals surface area contributed by atoms with E-state index in [9.17, 15) is 0 Å². The van der Waals surface area contributed by atoms with Crippen molar-refractivity contribution in [1.29, 1.82) is 0 Å². The molecule has 1 atom stereocenters. The average molecular weight is 268 g/mol. The van der Waals surface area contributed by atoms with Crippen molar-refractivity contribution in [3.63, 3.8) is 0 Å². The summed E-state index contributed by atoms with van der Waals surface area (Å²) in [5, 5.41) is 4.42. The zero-order valence-electron chi connectivity index (χ0n) is 12.1. The largest absolute Gasteiger partial charge is 0.310 e. The van der Waals surface area contributed by atoms with E-state index in [0.717, 1.165) is 17.5 Å². The van der Waals surface area contributed by atoms with E-state index in [1.54, 1.807) is 0 Å². The minimum atomic E-state index is 0.557. The van der Waals surface area contributed by atoms with Crippen molar-refractivity contribution in [3.05, 3.63) is 34.3 Å². The summed E-state index contributed by atoms with van der Waals surface area (Å²) in [6, 6.07) is 6.82. The number of halogens is 1. The zero-order chi connectivity index (χ0) is 13.5. The predicted octanol–water partition coefficient (Wildman–Crippen LogP) is 4.95. The molecule has 0 aliphatic carbocycles. The van der Waals surface area contributed by atoms with Gasteiger partial charge in [0.25, 0.3) is 0 Å². The van der Waals surface area contributed by atoms with E-state index in [-0.39, 0.29) is 0 Å². The van der Waals surface area contributed by atoms with Gasteiger partial charge in [0, 0.05) is 17.6 Å². The molecule has 0 spiro atoms. The number of hydrogen-bond donors (Lipinski definition) is 1.